The third-order valence-electron chi connectivity index (χ3n) is 4.62. The summed E-state index contributed by atoms with van der Waals surface area (Å²) >= 11 is 0. The topological polar surface area (TPSA) is 130 Å². The molecule has 1 saturated heterocycles. The van der Waals surface area contributed by atoms with Crippen molar-refractivity contribution in [3.63, 3.8) is 0 Å². The van der Waals surface area contributed by atoms with Gasteiger partial charge in [-0.1, -0.05) is 0 Å². The summed E-state index contributed by atoms with van der Waals surface area (Å²) in [5.74, 6) is 1.15. The molecule has 0 unspecified atom stereocenters. The van der Waals surface area contributed by atoms with Gasteiger partial charge in [-0.25, -0.2) is 9.78 Å². The Bertz CT molecular complexity index is 862. The second-order valence-corrected chi connectivity index (χ2v) is 6.74. The number of carboxylic acid groups (broad SMARTS) is 1. The summed E-state index contributed by atoms with van der Waals surface area (Å²) in [7, 11) is 0. The van der Waals surface area contributed by atoms with Gasteiger partial charge in [0.1, 0.15) is 17.7 Å². The van der Waals surface area contributed by atoms with Crippen molar-refractivity contribution in [3.05, 3.63) is 24.0 Å². The van der Waals surface area contributed by atoms with Crippen molar-refractivity contribution < 1.29 is 28.2 Å². The van der Waals surface area contributed by atoms with Gasteiger partial charge in [-0.05, 0) is 13.8 Å². The van der Waals surface area contributed by atoms with Gasteiger partial charge in [0.2, 0.25) is 5.95 Å². The maximum Gasteiger partial charge on any atom is 0.408 e. The summed E-state index contributed by atoms with van der Waals surface area (Å²) in [5.41, 5.74) is 0.578. The third-order valence-corrected chi connectivity index (χ3v) is 4.62. The number of aromatic nitrogens is 4. The van der Waals surface area contributed by atoms with Crippen molar-refractivity contribution in [1.82, 2.24) is 25.1 Å². The molecule has 0 radical (unpaired) electrons. The number of β-amino-alcohol motifs (C(OH)–C–C–N with tert-alkyl or cyclic N) is 1. The first-order chi connectivity index (χ1) is 13.6. The highest BCUT2D eigenvalue weighted by atomic mass is 19.4. The summed E-state index contributed by atoms with van der Waals surface area (Å²) in [5, 5.41) is 29.1. The van der Waals surface area contributed by atoms with Gasteiger partial charge in [0, 0.05) is 30.9 Å². The Morgan fingerprint density at radius 1 is 1.41 bits per heavy atom. The second kappa shape index (κ2) is 7.73. The van der Waals surface area contributed by atoms with Crippen LogP contribution in [0.2, 0.25) is 0 Å². The van der Waals surface area contributed by atoms with Crippen molar-refractivity contribution in [2.45, 2.75) is 38.2 Å². The Labute approximate surface area is 163 Å². The minimum atomic E-state index is -4.76. The highest BCUT2D eigenvalue weighted by Crippen LogP contribution is 2.30. The molecule has 1 amide bonds. The number of nitrogens with one attached hydrogen (secondary N) is 2. The molecule has 1 aliphatic heterocycles. The maximum atomic E-state index is 13.1. The number of hydrogen-bond acceptors (Lipinski definition) is 7. The molecule has 0 spiro atoms. The molecule has 13 heteroatoms. The molecule has 2 aromatic heterocycles. The molecule has 0 bridgehead atoms. The smallest absolute Gasteiger partial charge is 0.408 e. The lowest BCUT2D eigenvalue weighted by molar-refractivity contribution is -0.180. The predicted octanol–water partition coefficient (Wildman–Crippen LogP) is 1.73. The Kier molecular flexibility index (Phi) is 5.50. The van der Waals surface area contributed by atoms with Crippen molar-refractivity contribution >= 4 is 23.7 Å². The fourth-order valence-electron chi connectivity index (χ4n) is 3.18. The van der Waals surface area contributed by atoms with Gasteiger partial charge < -0.3 is 20.4 Å². The third kappa shape index (κ3) is 4.50. The van der Waals surface area contributed by atoms with Crippen LogP contribution in [0.15, 0.2) is 18.3 Å². The fourth-order valence-corrected chi connectivity index (χ4v) is 3.18. The van der Waals surface area contributed by atoms with E-state index in [4.69, 9.17) is 0 Å². The van der Waals surface area contributed by atoms with E-state index in [1.54, 1.807) is 25.3 Å². The second-order valence-electron chi connectivity index (χ2n) is 6.74. The molecule has 1 fully saturated rings. The summed E-state index contributed by atoms with van der Waals surface area (Å²) in [4.78, 5) is 21.8. The molecule has 29 heavy (non-hydrogen) atoms. The van der Waals surface area contributed by atoms with Gasteiger partial charge in [0.15, 0.2) is 0 Å². The van der Waals surface area contributed by atoms with Gasteiger partial charge in [-0.15, -0.1) is 0 Å². The van der Waals surface area contributed by atoms with E-state index in [1.807, 2.05) is 0 Å². The normalized spacial score (nSPS) is 20.6. The van der Waals surface area contributed by atoms with Crippen LogP contribution in [0.5, 0.6) is 0 Å². The van der Waals surface area contributed by atoms with Crippen LogP contribution in [0.4, 0.5) is 35.5 Å². The van der Waals surface area contributed by atoms with Gasteiger partial charge in [0.25, 0.3) is 0 Å². The van der Waals surface area contributed by atoms with E-state index >= 15 is 0 Å². The highest BCUT2D eigenvalue weighted by Gasteiger charge is 2.49. The van der Waals surface area contributed by atoms with E-state index in [0.29, 0.717) is 17.3 Å². The van der Waals surface area contributed by atoms with Crippen LogP contribution >= 0.6 is 0 Å². The van der Waals surface area contributed by atoms with Gasteiger partial charge >= 0.3 is 12.3 Å². The summed E-state index contributed by atoms with van der Waals surface area (Å²) < 4.78 is 39.3. The standard InChI is InChI=1S/C16H20F3N7O3/c1-8-5-13(22-12-3-4-20-24-12)23-14(21-8)25-6-10(11(27)7-25)26(15(28)29)9(2)16(17,18)19/h3-5,9-11,27H,6-7H2,1-2H3,(H,28,29)(H2,20,21,22,23,24)/t9-,10+,11-/m0/s1. The molecule has 0 saturated carbocycles. The van der Waals surface area contributed by atoms with E-state index in [2.05, 4.69) is 25.5 Å². The molecular formula is C16H20F3N7O3. The first-order valence-electron chi connectivity index (χ1n) is 8.69. The van der Waals surface area contributed by atoms with E-state index in [9.17, 15) is 28.2 Å². The van der Waals surface area contributed by atoms with E-state index in [1.165, 1.54) is 4.90 Å². The van der Waals surface area contributed by atoms with Gasteiger partial charge in [-0.3, -0.25) is 10.00 Å². The van der Waals surface area contributed by atoms with Gasteiger partial charge in [-0.2, -0.15) is 23.3 Å². The predicted molar refractivity (Wildman–Crippen MR) is 96.0 cm³/mol. The van der Waals surface area contributed by atoms with Crippen molar-refractivity contribution in [1.29, 1.82) is 0 Å². The average Bonchev–Trinajstić information content (AvgIpc) is 3.24. The van der Waals surface area contributed by atoms with Crippen molar-refractivity contribution in [2.75, 3.05) is 23.3 Å². The lowest BCUT2D eigenvalue weighted by Gasteiger charge is -2.34. The molecule has 3 atom stereocenters. The van der Waals surface area contributed by atoms with E-state index in [0.717, 1.165) is 6.92 Å². The molecule has 1 aliphatic rings. The number of aryl methyl sites for hydroxylation is 1. The average molecular weight is 415 g/mol. The van der Waals surface area contributed by atoms with Crippen LogP contribution in [0.25, 0.3) is 0 Å². The zero-order chi connectivity index (χ0) is 21.3. The van der Waals surface area contributed by atoms with Crippen LogP contribution in [0.3, 0.4) is 0 Å². The zero-order valence-electron chi connectivity index (χ0n) is 15.6. The molecule has 2 aromatic rings. The lowest BCUT2D eigenvalue weighted by Crippen LogP contribution is -2.55. The van der Waals surface area contributed by atoms with E-state index in [-0.39, 0.29) is 23.9 Å². The number of aliphatic hydroxyl groups excluding tert-OH is 1. The van der Waals surface area contributed by atoms with Crippen LogP contribution < -0.4 is 10.2 Å². The number of anilines is 3. The Morgan fingerprint density at radius 2 is 2.14 bits per heavy atom. The number of aromatic amines is 1. The quantitative estimate of drug-likeness (QED) is 0.581. The number of hydrogen-bond donors (Lipinski definition) is 4. The zero-order valence-corrected chi connectivity index (χ0v) is 15.6. The van der Waals surface area contributed by atoms with Gasteiger partial charge in [0.05, 0.1) is 18.3 Å². The highest BCUT2D eigenvalue weighted by molar-refractivity contribution is 5.66. The number of nitrogens with zero attached hydrogens (tertiary/aromatic N) is 5. The number of halogens is 3. The number of aliphatic hydroxyl groups is 1. The Morgan fingerprint density at radius 3 is 2.72 bits per heavy atom. The molecule has 0 aromatic carbocycles. The summed E-state index contributed by atoms with van der Waals surface area (Å²) in [6.45, 7) is 2.18. The Hall–Kier alpha value is -3.09. The number of H-pyrrole nitrogens is 1. The molecule has 158 valence electrons. The van der Waals surface area contributed by atoms with Crippen LogP contribution in [0.1, 0.15) is 12.6 Å². The minimum absolute atomic E-state index is 0.105. The number of carbonyl (C=O) groups is 1. The number of alkyl halides is 3. The largest absolute Gasteiger partial charge is 0.465 e. The van der Waals surface area contributed by atoms with Crippen LogP contribution in [-0.4, -0.2) is 78.8 Å². The lowest BCUT2D eigenvalue weighted by atomic mass is 10.1. The minimum Gasteiger partial charge on any atom is -0.465 e. The molecule has 3 heterocycles. The van der Waals surface area contributed by atoms with Crippen molar-refractivity contribution in [3.8, 4) is 0 Å². The molecule has 0 aliphatic carbocycles. The monoisotopic (exact) mass is 415 g/mol. The van der Waals surface area contributed by atoms with E-state index < -0.39 is 30.5 Å². The molecular weight excluding hydrogens is 395 g/mol. The maximum absolute atomic E-state index is 13.1. The van der Waals surface area contributed by atoms with Crippen LogP contribution in [0, 0.1) is 6.92 Å². The van der Waals surface area contributed by atoms with Crippen LogP contribution in [-0.2, 0) is 0 Å². The molecule has 3 rings (SSSR count). The van der Waals surface area contributed by atoms with Crippen molar-refractivity contribution in [2.24, 2.45) is 0 Å². The molecule has 4 N–H and O–H groups in total. The fraction of sp³-hybridized carbons (Fsp3) is 0.500. The summed E-state index contributed by atoms with van der Waals surface area (Å²) in [6.07, 6.45) is -6.30. The first kappa shape index (κ1) is 20.6. The summed E-state index contributed by atoms with van der Waals surface area (Å²) in [6, 6.07) is -0.215. The number of amides is 1. The molecule has 10 nitrogen and oxygen atoms in total. The number of rotatable bonds is 5. The Balaban J connectivity index is 1.83. The SMILES string of the molecule is Cc1cc(Nc2ccn[nH]2)nc(N2C[C@@H](N(C(=O)O)[C@@H](C)C(F)(F)F)[C@@H](O)C2)n1. The first-order valence-corrected chi connectivity index (χ1v) is 8.69.